The van der Waals surface area contributed by atoms with Gasteiger partial charge in [0.2, 0.25) is 0 Å². The summed E-state index contributed by atoms with van der Waals surface area (Å²) in [4.78, 5) is 2.53. The van der Waals surface area contributed by atoms with E-state index in [1.54, 1.807) is 0 Å². The summed E-state index contributed by atoms with van der Waals surface area (Å²) in [6.45, 7) is 2.04. The first-order valence-corrected chi connectivity index (χ1v) is 6.73. The minimum atomic E-state index is -0.298. The van der Waals surface area contributed by atoms with Gasteiger partial charge in [0.05, 0.1) is 6.10 Å². The average Bonchev–Trinajstić information content (AvgIpc) is 2.44. The van der Waals surface area contributed by atoms with Crippen LogP contribution >= 0.6 is 11.6 Å². The molecular formula is C12H21ClNO. The standard InChI is InChI=1S/C12H21ClNO/c13-10-2-1-3-11(5-4-10)14-8-6-12(15)7-9-14/h10-12H,1-9H2. The number of likely N-dealkylation sites (tertiary alicyclic amines) is 1. The lowest BCUT2D eigenvalue weighted by Gasteiger charge is -2.35. The molecule has 87 valence electrons. The highest BCUT2D eigenvalue weighted by Gasteiger charge is 2.26. The monoisotopic (exact) mass is 230 g/mol. The maximum atomic E-state index is 11.2. The first kappa shape index (κ1) is 11.7. The fourth-order valence-corrected chi connectivity index (χ4v) is 3.12. The van der Waals surface area contributed by atoms with Gasteiger partial charge in [-0.15, -0.1) is 11.6 Å². The number of alkyl halides is 1. The molecule has 0 amide bonds. The summed E-state index contributed by atoms with van der Waals surface area (Å²) in [7, 11) is 0. The van der Waals surface area contributed by atoms with Crippen molar-refractivity contribution in [2.75, 3.05) is 13.1 Å². The van der Waals surface area contributed by atoms with Crippen molar-refractivity contribution in [2.24, 2.45) is 0 Å². The van der Waals surface area contributed by atoms with Crippen LogP contribution in [0.25, 0.3) is 0 Å². The summed E-state index contributed by atoms with van der Waals surface area (Å²) in [5.74, 6) is 0. The van der Waals surface area contributed by atoms with Crippen LogP contribution in [-0.4, -0.2) is 35.5 Å². The van der Waals surface area contributed by atoms with Gasteiger partial charge in [-0.2, -0.15) is 0 Å². The van der Waals surface area contributed by atoms with Gasteiger partial charge in [0.25, 0.3) is 0 Å². The third kappa shape index (κ3) is 3.33. The van der Waals surface area contributed by atoms with E-state index in [9.17, 15) is 5.11 Å². The molecule has 0 aromatic carbocycles. The van der Waals surface area contributed by atoms with E-state index in [1.165, 1.54) is 25.7 Å². The van der Waals surface area contributed by atoms with E-state index in [2.05, 4.69) is 4.90 Å². The summed E-state index contributed by atoms with van der Waals surface area (Å²) in [6, 6.07) is 0.709. The van der Waals surface area contributed by atoms with Crippen LogP contribution < -0.4 is 0 Å². The van der Waals surface area contributed by atoms with Crippen LogP contribution in [0.4, 0.5) is 0 Å². The zero-order chi connectivity index (χ0) is 10.7. The fraction of sp³-hybridized carbons (Fsp3) is 1.00. The molecule has 2 fully saturated rings. The van der Waals surface area contributed by atoms with E-state index in [-0.39, 0.29) is 6.10 Å². The van der Waals surface area contributed by atoms with Crippen molar-refractivity contribution in [3.8, 4) is 0 Å². The summed E-state index contributed by atoms with van der Waals surface area (Å²) in [6.07, 6.45) is 7.51. The lowest BCUT2D eigenvalue weighted by atomic mass is 10.0. The van der Waals surface area contributed by atoms with Gasteiger partial charge in [0.1, 0.15) is 0 Å². The van der Waals surface area contributed by atoms with Gasteiger partial charge in [0, 0.05) is 24.5 Å². The van der Waals surface area contributed by atoms with E-state index in [0.29, 0.717) is 11.4 Å². The molecule has 2 unspecified atom stereocenters. The van der Waals surface area contributed by atoms with Crippen LogP contribution in [0.2, 0.25) is 0 Å². The number of piperidine rings is 1. The van der Waals surface area contributed by atoms with Crippen LogP contribution in [-0.2, 0) is 5.11 Å². The molecule has 1 aliphatic heterocycles. The molecule has 1 saturated heterocycles. The average molecular weight is 231 g/mol. The van der Waals surface area contributed by atoms with E-state index in [4.69, 9.17) is 11.6 Å². The molecule has 2 atom stereocenters. The maximum absolute atomic E-state index is 11.2. The zero-order valence-electron chi connectivity index (χ0n) is 9.33. The smallest absolute Gasteiger partial charge is 0.0954 e. The summed E-state index contributed by atoms with van der Waals surface area (Å²) in [5.41, 5.74) is 0. The van der Waals surface area contributed by atoms with Gasteiger partial charge in [0.15, 0.2) is 0 Å². The van der Waals surface area contributed by atoms with Crippen molar-refractivity contribution in [1.82, 2.24) is 4.90 Å². The fourth-order valence-electron chi connectivity index (χ4n) is 2.84. The van der Waals surface area contributed by atoms with Gasteiger partial charge in [-0.05, 0) is 38.5 Å². The van der Waals surface area contributed by atoms with Crippen molar-refractivity contribution in [3.63, 3.8) is 0 Å². The molecule has 0 spiro atoms. The highest BCUT2D eigenvalue weighted by atomic mass is 35.5. The van der Waals surface area contributed by atoms with Crippen molar-refractivity contribution < 1.29 is 5.11 Å². The minimum Gasteiger partial charge on any atom is -0.300 e. The van der Waals surface area contributed by atoms with Crippen molar-refractivity contribution in [1.29, 1.82) is 0 Å². The topological polar surface area (TPSA) is 23.1 Å². The Morgan fingerprint density at radius 2 is 1.67 bits per heavy atom. The van der Waals surface area contributed by atoms with Gasteiger partial charge < -0.3 is 4.90 Å². The Balaban J connectivity index is 1.82. The summed E-state index contributed by atoms with van der Waals surface area (Å²) in [5, 5.41) is 11.6. The Hall–Kier alpha value is 0.210. The van der Waals surface area contributed by atoms with Crippen LogP contribution in [0.3, 0.4) is 0 Å². The second-order valence-electron chi connectivity index (χ2n) is 4.99. The molecule has 2 nitrogen and oxygen atoms in total. The van der Waals surface area contributed by atoms with E-state index in [1.807, 2.05) is 0 Å². The molecule has 1 aliphatic carbocycles. The Morgan fingerprint density at radius 3 is 2.40 bits per heavy atom. The van der Waals surface area contributed by atoms with Gasteiger partial charge in [-0.25, -0.2) is 5.11 Å². The minimum absolute atomic E-state index is 0.298. The molecule has 15 heavy (non-hydrogen) atoms. The summed E-state index contributed by atoms with van der Waals surface area (Å²) < 4.78 is 0. The first-order valence-electron chi connectivity index (χ1n) is 6.29. The Morgan fingerprint density at radius 1 is 0.933 bits per heavy atom. The molecule has 1 radical (unpaired) electrons. The van der Waals surface area contributed by atoms with Crippen LogP contribution in [0, 0.1) is 0 Å². The van der Waals surface area contributed by atoms with Crippen LogP contribution in [0.1, 0.15) is 44.9 Å². The molecular weight excluding hydrogens is 210 g/mol. The van der Waals surface area contributed by atoms with Crippen molar-refractivity contribution in [2.45, 2.75) is 62.5 Å². The van der Waals surface area contributed by atoms with E-state index >= 15 is 0 Å². The number of nitrogens with zero attached hydrogens (tertiary/aromatic N) is 1. The lowest BCUT2D eigenvalue weighted by Crippen LogP contribution is -2.42. The number of halogens is 1. The zero-order valence-corrected chi connectivity index (χ0v) is 10.1. The molecule has 2 aliphatic rings. The van der Waals surface area contributed by atoms with Crippen molar-refractivity contribution in [3.05, 3.63) is 0 Å². The summed E-state index contributed by atoms with van der Waals surface area (Å²) >= 11 is 6.18. The second kappa shape index (κ2) is 5.51. The van der Waals surface area contributed by atoms with E-state index in [0.717, 1.165) is 32.4 Å². The van der Waals surface area contributed by atoms with E-state index < -0.39 is 0 Å². The normalized spacial score (nSPS) is 36.4. The molecule has 2 rings (SSSR count). The predicted octanol–water partition coefficient (Wildman–Crippen LogP) is 2.82. The predicted molar refractivity (Wildman–Crippen MR) is 61.8 cm³/mol. The Labute approximate surface area is 97.6 Å². The third-order valence-electron chi connectivity index (χ3n) is 3.86. The molecule has 0 N–H and O–H groups in total. The van der Waals surface area contributed by atoms with Gasteiger partial charge in [-0.3, -0.25) is 0 Å². The SMILES string of the molecule is [O]C1CCN(C2CCCC(Cl)CC2)CC1. The highest BCUT2D eigenvalue weighted by molar-refractivity contribution is 6.20. The number of hydrogen-bond donors (Lipinski definition) is 0. The van der Waals surface area contributed by atoms with Crippen LogP contribution in [0.15, 0.2) is 0 Å². The van der Waals surface area contributed by atoms with Gasteiger partial charge in [-0.1, -0.05) is 6.42 Å². The largest absolute Gasteiger partial charge is 0.300 e. The molecule has 0 bridgehead atoms. The Bertz CT molecular complexity index is 192. The second-order valence-corrected chi connectivity index (χ2v) is 5.61. The number of hydrogen-bond acceptors (Lipinski definition) is 1. The molecule has 1 heterocycles. The Kier molecular flexibility index (Phi) is 4.30. The highest BCUT2D eigenvalue weighted by Crippen LogP contribution is 2.27. The van der Waals surface area contributed by atoms with Gasteiger partial charge >= 0.3 is 0 Å². The number of rotatable bonds is 1. The quantitative estimate of drug-likeness (QED) is 0.502. The maximum Gasteiger partial charge on any atom is 0.0954 e. The molecule has 1 saturated carbocycles. The first-order chi connectivity index (χ1) is 7.25. The van der Waals surface area contributed by atoms with Crippen LogP contribution in [0.5, 0.6) is 0 Å². The molecule has 0 aromatic heterocycles. The van der Waals surface area contributed by atoms with Crippen molar-refractivity contribution >= 4 is 11.6 Å². The third-order valence-corrected chi connectivity index (χ3v) is 4.30. The molecule has 3 heteroatoms. The lowest BCUT2D eigenvalue weighted by molar-refractivity contribution is 0.0129. The molecule has 0 aromatic rings.